The van der Waals surface area contributed by atoms with Gasteiger partial charge in [0, 0.05) is 19.6 Å². The second-order valence-corrected chi connectivity index (χ2v) is 6.10. The fourth-order valence-electron chi connectivity index (χ4n) is 2.92. The molecule has 0 spiro atoms. The van der Waals surface area contributed by atoms with Gasteiger partial charge in [-0.1, -0.05) is 12.1 Å². The average molecular weight is 307 g/mol. The van der Waals surface area contributed by atoms with Crippen molar-refractivity contribution in [3.8, 4) is 0 Å². The molecule has 1 aromatic rings. The second-order valence-electron chi connectivity index (χ2n) is 6.10. The highest BCUT2D eigenvalue weighted by Gasteiger charge is 2.23. The van der Waals surface area contributed by atoms with Gasteiger partial charge in [0.15, 0.2) is 0 Å². The van der Waals surface area contributed by atoms with Crippen molar-refractivity contribution in [2.24, 2.45) is 0 Å². The molecule has 0 bridgehead atoms. The van der Waals surface area contributed by atoms with Crippen LogP contribution in [0.25, 0.3) is 0 Å². The highest BCUT2D eigenvalue weighted by Crippen LogP contribution is 2.19. The molecule has 1 aromatic carbocycles. The molecule has 5 heteroatoms. The highest BCUT2D eigenvalue weighted by atomic mass is 19.1. The van der Waals surface area contributed by atoms with Crippen molar-refractivity contribution >= 4 is 5.91 Å². The van der Waals surface area contributed by atoms with Gasteiger partial charge in [-0.3, -0.25) is 9.69 Å². The Morgan fingerprint density at radius 3 is 2.77 bits per heavy atom. The number of carbonyl (C=O) groups is 1. The van der Waals surface area contributed by atoms with Crippen molar-refractivity contribution in [1.29, 1.82) is 0 Å². The quantitative estimate of drug-likeness (QED) is 0.904. The lowest BCUT2D eigenvalue weighted by atomic mass is 10.1. The van der Waals surface area contributed by atoms with Gasteiger partial charge in [-0.25, -0.2) is 4.39 Å². The Bertz CT molecular complexity index is 491. The first-order valence-corrected chi connectivity index (χ1v) is 7.92. The number of hydrogen-bond donors (Lipinski definition) is 1. The molecule has 2 unspecified atom stereocenters. The Morgan fingerprint density at radius 2 is 2.14 bits per heavy atom. The number of carbonyl (C=O) groups excluding carboxylic acids is 1. The van der Waals surface area contributed by atoms with E-state index in [2.05, 4.69) is 10.2 Å². The maximum Gasteiger partial charge on any atom is 0.236 e. The lowest BCUT2D eigenvalue weighted by Crippen LogP contribution is -2.48. The number of benzene rings is 1. The number of likely N-dealkylation sites (tertiary alicyclic amines) is 1. The number of amides is 1. The van der Waals surface area contributed by atoms with Crippen LogP contribution in [-0.2, 0) is 4.79 Å². The fraction of sp³-hybridized carbons (Fsp3) is 0.588. The van der Waals surface area contributed by atoms with Crippen LogP contribution < -0.4 is 5.32 Å². The molecule has 1 heterocycles. The standard InChI is InChI=1S/C17H26FN3O/c1-13(14-6-8-15(18)9-7-14)20(3)17(22)12-21-10-4-5-16(11-21)19-2/h6-9,13,16,19H,4-5,10-12H2,1-3H3. The third kappa shape index (κ3) is 4.27. The van der Waals surface area contributed by atoms with E-state index >= 15 is 0 Å². The fourth-order valence-corrected chi connectivity index (χ4v) is 2.92. The minimum Gasteiger partial charge on any atom is -0.338 e. The summed E-state index contributed by atoms with van der Waals surface area (Å²) in [7, 11) is 3.79. The molecule has 2 rings (SSSR count). The van der Waals surface area contributed by atoms with E-state index in [0.717, 1.165) is 25.1 Å². The maximum absolute atomic E-state index is 13.0. The Morgan fingerprint density at radius 1 is 1.45 bits per heavy atom. The highest BCUT2D eigenvalue weighted by molar-refractivity contribution is 5.78. The first kappa shape index (κ1) is 16.9. The van der Waals surface area contributed by atoms with Gasteiger partial charge in [0.2, 0.25) is 5.91 Å². The van der Waals surface area contributed by atoms with Crippen LogP contribution in [0.3, 0.4) is 0 Å². The zero-order valence-electron chi connectivity index (χ0n) is 13.7. The van der Waals surface area contributed by atoms with Crippen molar-refractivity contribution < 1.29 is 9.18 Å². The Labute approximate surface area is 132 Å². The number of rotatable bonds is 5. The Hall–Kier alpha value is -1.46. The van der Waals surface area contributed by atoms with Crippen molar-refractivity contribution in [2.75, 3.05) is 33.7 Å². The number of nitrogens with one attached hydrogen (secondary N) is 1. The molecule has 22 heavy (non-hydrogen) atoms. The van der Waals surface area contributed by atoms with E-state index in [1.54, 1.807) is 17.0 Å². The third-order valence-corrected chi connectivity index (χ3v) is 4.60. The van der Waals surface area contributed by atoms with Gasteiger partial charge in [0.05, 0.1) is 12.6 Å². The van der Waals surface area contributed by atoms with E-state index in [0.29, 0.717) is 12.6 Å². The Balaban J connectivity index is 1.92. The summed E-state index contributed by atoms with van der Waals surface area (Å²) in [5, 5.41) is 3.29. The van der Waals surface area contributed by atoms with Gasteiger partial charge < -0.3 is 10.2 Å². The summed E-state index contributed by atoms with van der Waals surface area (Å²) in [5.74, 6) is -0.148. The third-order valence-electron chi connectivity index (χ3n) is 4.60. The van der Waals surface area contributed by atoms with Crippen molar-refractivity contribution in [2.45, 2.75) is 31.8 Å². The molecular weight excluding hydrogens is 281 g/mol. The molecule has 1 aliphatic rings. The Kier molecular flexibility index (Phi) is 5.91. The maximum atomic E-state index is 13.0. The van der Waals surface area contributed by atoms with Crippen molar-refractivity contribution in [3.05, 3.63) is 35.6 Å². The predicted molar refractivity (Wildman–Crippen MR) is 86.1 cm³/mol. The average Bonchev–Trinajstić information content (AvgIpc) is 2.54. The van der Waals surface area contributed by atoms with Gasteiger partial charge in [0.1, 0.15) is 5.82 Å². The SMILES string of the molecule is CNC1CCCN(CC(=O)N(C)C(C)c2ccc(F)cc2)C1. The van der Waals surface area contributed by atoms with E-state index in [9.17, 15) is 9.18 Å². The van der Waals surface area contributed by atoms with Gasteiger partial charge in [-0.05, 0) is 51.1 Å². The number of piperidine rings is 1. The van der Waals surface area contributed by atoms with Crippen LogP contribution in [0.5, 0.6) is 0 Å². The molecule has 2 atom stereocenters. The zero-order valence-corrected chi connectivity index (χ0v) is 13.7. The molecular formula is C17H26FN3O. The monoisotopic (exact) mass is 307 g/mol. The molecule has 0 aliphatic carbocycles. The summed E-state index contributed by atoms with van der Waals surface area (Å²) in [6.07, 6.45) is 2.29. The normalized spacial score (nSPS) is 20.6. The lowest BCUT2D eigenvalue weighted by molar-refractivity contribution is -0.133. The van der Waals surface area contributed by atoms with Crippen LogP contribution in [0.2, 0.25) is 0 Å². The molecule has 0 aromatic heterocycles. The van der Waals surface area contributed by atoms with Crippen LogP contribution >= 0.6 is 0 Å². The molecule has 0 saturated carbocycles. The second kappa shape index (κ2) is 7.70. The summed E-state index contributed by atoms with van der Waals surface area (Å²) in [6.45, 7) is 4.31. The molecule has 122 valence electrons. The minimum absolute atomic E-state index is 0.0574. The minimum atomic E-state index is -0.253. The number of nitrogens with zero attached hydrogens (tertiary/aromatic N) is 2. The summed E-state index contributed by atoms with van der Waals surface area (Å²) in [6, 6.07) is 6.77. The molecule has 1 N–H and O–H groups in total. The number of hydrogen-bond acceptors (Lipinski definition) is 3. The largest absolute Gasteiger partial charge is 0.338 e. The zero-order chi connectivity index (χ0) is 16.1. The van der Waals surface area contributed by atoms with Gasteiger partial charge >= 0.3 is 0 Å². The number of likely N-dealkylation sites (N-methyl/N-ethyl adjacent to an activating group) is 2. The first-order chi connectivity index (χ1) is 10.5. The number of halogens is 1. The molecule has 1 saturated heterocycles. The van der Waals surface area contributed by atoms with E-state index in [-0.39, 0.29) is 17.8 Å². The summed E-state index contributed by atoms with van der Waals surface area (Å²) in [4.78, 5) is 16.4. The molecule has 1 aliphatic heterocycles. The smallest absolute Gasteiger partial charge is 0.236 e. The van der Waals surface area contributed by atoms with E-state index in [1.165, 1.54) is 18.6 Å². The van der Waals surface area contributed by atoms with E-state index in [4.69, 9.17) is 0 Å². The topological polar surface area (TPSA) is 35.6 Å². The van der Waals surface area contributed by atoms with Crippen LogP contribution in [0, 0.1) is 5.82 Å². The summed E-state index contributed by atoms with van der Waals surface area (Å²) in [5.41, 5.74) is 0.948. The van der Waals surface area contributed by atoms with E-state index in [1.807, 2.05) is 21.0 Å². The first-order valence-electron chi connectivity index (χ1n) is 7.92. The van der Waals surface area contributed by atoms with Gasteiger partial charge in [-0.2, -0.15) is 0 Å². The van der Waals surface area contributed by atoms with Crippen LogP contribution in [0.4, 0.5) is 4.39 Å². The predicted octanol–water partition coefficient (Wildman–Crippen LogP) is 2.03. The molecule has 0 radical (unpaired) electrons. The van der Waals surface area contributed by atoms with Crippen molar-refractivity contribution in [3.63, 3.8) is 0 Å². The molecule has 1 fully saturated rings. The lowest BCUT2D eigenvalue weighted by Gasteiger charge is -2.34. The summed E-state index contributed by atoms with van der Waals surface area (Å²) < 4.78 is 13.0. The van der Waals surface area contributed by atoms with Gasteiger partial charge in [0.25, 0.3) is 0 Å². The van der Waals surface area contributed by atoms with E-state index < -0.39 is 0 Å². The van der Waals surface area contributed by atoms with Crippen LogP contribution in [0.15, 0.2) is 24.3 Å². The van der Waals surface area contributed by atoms with Crippen LogP contribution in [0.1, 0.15) is 31.4 Å². The van der Waals surface area contributed by atoms with Crippen molar-refractivity contribution in [1.82, 2.24) is 15.1 Å². The van der Waals surface area contributed by atoms with Gasteiger partial charge in [-0.15, -0.1) is 0 Å². The molecule has 4 nitrogen and oxygen atoms in total. The summed E-state index contributed by atoms with van der Waals surface area (Å²) >= 11 is 0. The van der Waals surface area contributed by atoms with Crippen LogP contribution in [-0.4, -0.2) is 55.5 Å². The molecule has 1 amide bonds.